The van der Waals surface area contributed by atoms with Gasteiger partial charge in [0.25, 0.3) is 0 Å². The minimum Gasteiger partial charge on any atom is -0.328 e. The number of hydrogen-bond acceptors (Lipinski definition) is 2. The minimum absolute atomic E-state index is 0.209. The first-order valence-corrected chi connectivity index (χ1v) is 10.8. The van der Waals surface area contributed by atoms with E-state index in [4.69, 9.17) is 0 Å². The molecule has 5 heteroatoms. The molecule has 2 saturated heterocycles. The van der Waals surface area contributed by atoms with Crippen molar-refractivity contribution in [2.24, 2.45) is 0 Å². The first kappa shape index (κ1) is 18.7. The largest absolute Gasteiger partial charge is 0.328 e. The Balaban J connectivity index is 1.54. The smallest absolute Gasteiger partial charge is 0.233 e. The highest BCUT2D eigenvalue weighted by atomic mass is 32.2. The van der Waals surface area contributed by atoms with Gasteiger partial charge >= 0.3 is 0 Å². The number of benzene rings is 1. The third kappa shape index (κ3) is 4.78. The molecule has 1 aromatic rings. The summed E-state index contributed by atoms with van der Waals surface area (Å²) in [5.41, 5.74) is 2.64. The molecule has 0 radical (unpaired) electrons. The highest BCUT2D eigenvalue weighted by molar-refractivity contribution is 8.00. The van der Waals surface area contributed by atoms with Crippen LogP contribution in [0, 0.1) is 0 Å². The molecule has 1 amide bonds. The molecule has 2 N–H and O–H groups in total. The number of amides is 1. The van der Waals surface area contributed by atoms with Gasteiger partial charge in [0.15, 0.2) is 0 Å². The average molecular weight is 364 g/mol. The number of nitrogens with one attached hydrogen (secondary N) is 2. The second-order valence-electron chi connectivity index (χ2n) is 7.88. The molecule has 2 heterocycles. The Labute approximate surface area is 156 Å². The standard InChI is InChI=1S/C20H31N3OS/c1-16(2)17-5-7-18(8-6-17)20-23(19(24)15-25-20)10-4-9-22-13-11-21(3)12-14-22/h5-8,16,20H,4,9-15H2,1-3H3/p+2/t20-/m1/s1. The van der Waals surface area contributed by atoms with Crippen molar-refractivity contribution in [3.8, 4) is 0 Å². The number of rotatable bonds is 6. The van der Waals surface area contributed by atoms with Crippen LogP contribution in [-0.4, -0.2) is 62.9 Å². The van der Waals surface area contributed by atoms with Gasteiger partial charge in [-0.05, 0) is 17.0 Å². The molecule has 0 unspecified atom stereocenters. The fraction of sp³-hybridized carbons (Fsp3) is 0.650. The predicted molar refractivity (Wildman–Crippen MR) is 104 cm³/mol. The molecule has 0 aromatic heterocycles. The van der Waals surface area contributed by atoms with Crippen molar-refractivity contribution in [1.82, 2.24) is 4.90 Å². The molecule has 0 saturated carbocycles. The van der Waals surface area contributed by atoms with Crippen LogP contribution in [0.2, 0.25) is 0 Å². The van der Waals surface area contributed by atoms with Gasteiger partial charge in [-0.15, -0.1) is 11.8 Å². The highest BCUT2D eigenvalue weighted by Crippen LogP contribution is 2.38. The summed E-state index contributed by atoms with van der Waals surface area (Å²) in [4.78, 5) is 17.8. The van der Waals surface area contributed by atoms with Crippen LogP contribution in [0.4, 0.5) is 0 Å². The van der Waals surface area contributed by atoms with Gasteiger partial charge in [0.05, 0.1) is 19.3 Å². The number of quaternary nitrogens is 2. The van der Waals surface area contributed by atoms with Crippen LogP contribution in [0.25, 0.3) is 0 Å². The van der Waals surface area contributed by atoms with Crippen LogP contribution in [0.3, 0.4) is 0 Å². The number of piperazine rings is 1. The van der Waals surface area contributed by atoms with Gasteiger partial charge in [-0.3, -0.25) is 4.79 Å². The zero-order chi connectivity index (χ0) is 17.8. The number of likely N-dealkylation sites (N-methyl/N-ethyl adjacent to an activating group) is 1. The van der Waals surface area contributed by atoms with Gasteiger partial charge < -0.3 is 14.7 Å². The van der Waals surface area contributed by atoms with Crippen molar-refractivity contribution < 1.29 is 14.6 Å². The third-order valence-electron chi connectivity index (χ3n) is 5.60. The Morgan fingerprint density at radius 1 is 1.16 bits per heavy atom. The van der Waals surface area contributed by atoms with Gasteiger partial charge in [0.1, 0.15) is 31.6 Å². The average Bonchev–Trinajstić information content (AvgIpc) is 2.98. The van der Waals surface area contributed by atoms with Gasteiger partial charge in [0.2, 0.25) is 5.91 Å². The van der Waals surface area contributed by atoms with Crippen LogP contribution in [-0.2, 0) is 4.79 Å². The fourth-order valence-electron chi connectivity index (χ4n) is 3.80. The lowest BCUT2D eigenvalue weighted by Crippen LogP contribution is -3.27. The Kier molecular flexibility index (Phi) is 6.42. The topological polar surface area (TPSA) is 29.2 Å². The Hall–Kier alpha value is -1.04. The predicted octanol–water partition coefficient (Wildman–Crippen LogP) is 0.187. The summed E-state index contributed by atoms with van der Waals surface area (Å²) in [6, 6.07) is 8.87. The highest BCUT2D eigenvalue weighted by Gasteiger charge is 2.32. The molecule has 0 spiro atoms. The molecule has 138 valence electrons. The Bertz CT molecular complexity index is 567. The van der Waals surface area contributed by atoms with Gasteiger partial charge in [-0.1, -0.05) is 38.1 Å². The van der Waals surface area contributed by atoms with Crippen molar-refractivity contribution in [2.75, 3.05) is 52.1 Å². The number of carbonyl (C=O) groups is 1. The van der Waals surface area contributed by atoms with Crippen molar-refractivity contribution in [1.29, 1.82) is 0 Å². The van der Waals surface area contributed by atoms with E-state index in [9.17, 15) is 4.79 Å². The van der Waals surface area contributed by atoms with Gasteiger partial charge in [0, 0.05) is 13.0 Å². The molecule has 0 aliphatic carbocycles. The van der Waals surface area contributed by atoms with E-state index in [0.29, 0.717) is 17.6 Å². The van der Waals surface area contributed by atoms with Crippen molar-refractivity contribution in [3.63, 3.8) is 0 Å². The second kappa shape index (κ2) is 8.56. The van der Waals surface area contributed by atoms with Crippen molar-refractivity contribution in [2.45, 2.75) is 31.6 Å². The maximum atomic E-state index is 12.4. The fourth-order valence-corrected chi connectivity index (χ4v) is 5.02. The quantitative estimate of drug-likeness (QED) is 0.755. The number of carbonyl (C=O) groups excluding carboxylic acids is 1. The Morgan fingerprint density at radius 3 is 2.48 bits per heavy atom. The molecule has 4 nitrogen and oxygen atoms in total. The first-order valence-electron chi connectivity index (χ1n) is 9.70. The zero-order valence-electron chi connectivity index (χ0n) is 15.9. The van der Waals surface area contributed by atoms with Crippen molar-refractivity contribution >= 4 is 17.7 Å². The molecule has 1 atom stereocenters. The third-order valence-corrected chi connectivity index (χ3v) is 6.85. The van der Waals surface area contributed by atoms with Crippen LogP contribution in [0.1, 0.15) is 42.7 Å². The monoisotopic (exact) mass is 363 g/mol. The lowest BCUT2D eigenvalue weighted by atomic mass is 10.0. The molecular weight excluding hydrogens is 330 g/mol. The van der Waals surface area contributed by atoms with Gasteiger partial charge in [-0.2, -0.15) is 0 Å². The lowest BCUT2D eigenvalue weighted by molar-refractivity contribution is -1.00. The van der Waals surface area contributed by atoms with E-state index < -0.39 is 0 Å². The van der Waals surface area contributed by atoms with E-state index in [1.165, 1.54) is 43.9 Å². The SMILES string of the molecule is CC(C)c1ccc([C@H]2SCC(=O)N2CCC[NH+]2CC[NH+](C)CC2)cc1. The normalized spacial score (nSPS) is 27.3. The van der Waals surface area contributed by atoms with E-state index in [1.807, 2.05) is 0 Å². The molecule has 3 rings (SSSR count). The summed E-state index contributed by atoms with van der Waals surface area (Å²) in [7, 11) is 2.28. The zero-order valence-corrected chi connectivity index (χ0v) is 16.7. The lowest BCUT2D eigenvalue weighted by Gasteiger charge is -2.29. The summed E-state index contributed by atoms with van der Waals surface area (Å²) in [6.45, 7) is 11.6. The summed E-state index contributed by atoms with van der Waals surface area (Å²) in [6.07, 6.45) is 1.11. The van der Waals surface area contributed by atoms with Crippen LogP contribution >= 0.6 is 11.8 Å². The number of hydrogen-bond donors (Lipinski definition) is 2. The summed E-state index contributed by atoms with van der Waals surface area (Å²) in [5, 5.41) is 0.209. The number of nitrogens with zero attached hydrogens (tertiary/aromatic N) is 1. The summed E-state index contributed by atoms with van der Waals surface area (Å²) in [5.74, 6) is 1.48. The van der Waals surface area contributed by atoms with E-state index in [0.717, 1.165) is 13.0 Å². The van der Waals surface area contributed by atoms with Crippen LogP contribution < -0.4 is 9.80 Å². The molecule has 2 aliphatic rings. The molecule has 1 aromatic carbocycles. The minimum atomic E-state index is 0.209. The molecule has 0 bridgehead atoms. The summed E-state index contributed by atoms with van der Waals surface area (Å²) < 4.78 is 0. The maximum Gasteiger partial charge on any atom is 0.233 e. The molecule has 2 fully saturated rings. The summed E-state index contributed by atoms with van der Waals surface area (Å²) >= 11 is 1.78. The van der Waals surface area contributed by atoms with E-state index in [1.54, 1.807) is 21.6 Å². The maximum absolute atomic E-state index is 12.4. The van der Waals surface area contributed by atoms with Gasteiger partial charge in [-0.25, -0.2) is 0 Å². The van der Waals surface area contributed by atoms with E-state index in [2.05, 4.69) is 50.1 Å². The Morgan fingerprint density at radius 2 is 1.84 bits per heavy atom. The van der Waals surface area contributed by atoms with Crippen molar-refractivity contribution in [3.05, 3.63) is 35.4 Å². The van der Waals surface area contributed by atoms with Crippen LogP contribution in [0.15, 0.2) is 24.3 Å². The van der Waals surface area contributed by atoms with E-state index >= 15 is 0 Å². The van der Waals surface area contributed by atoms with E-state index in [-0.39, 0.29) is 5.37 Å². The molecule has 2 aliphatic heterocycles. The molecular formula is C20H33N3OS+2. The molecule has 25 heavy (non-hydrogen) atoms. The second-order valence-corrected chi connectivity index (χ2v) is 8.95. The van der Waals surface area contributed by atoms with Crippen LogP contribution in [0.5, 0.6) is 0 Å². The number of thioether (sulfide) groups is 1. The first-order chi connectivity index (χ1) is 12.0.